The highest BCUT2D eigenvalue weighted by Gasteiger charge is 2.43. The van der Waals surface area contributed by atoms with Crippen molar-refractivity contribution >= 4 is 11.8 Å². The van der Waals surface area contributed by atoms with Gasteiger partial charge in [-0.15, -0.1) is 11.8 Å². The predicted octanol–water partition coefficient (Wildman–Crippen LogP) is 7.52. The molecule has 5 heteroatoms. The molecule has 0 aromatic heterocycles. The molecule has 0 aromatic rings. The maximum absolute atomic E-state index is 9.75. The summed E-state index contributed by atoms with van der Waals surface area (Å²) in [6, 6.07) is 6.81. The molecule has 0 heterocycles. The molecular formula is C35H46N4S. The number of nitriles is 2. The molecule has 6 aliphatic rings. The largest absolute Gasteiger partial charge is 0.326 e. The van der Waals surface area contributed by atoms with Crippen LogP contribution in [0, 0.1) is 40.4 Å². The lowest BCUT2D eigenvalue weighted by atomic mass is 9.78. The molecule has 0 bridgehead atoms. The first-order valence-corrected chi connectivity index (χ1v) is 17.0. The first-order chi connectivity index (χ1) is 19.6. The number of nitrogens with two attached hydrogens (primary N) is 1. The van der Waals surface area contributed by atoms with Crippen molar-refractivity contribution in [1.29, 1.82) is 10.5 Å². The Balaban J connectivity index is 1.11. The quantitative estimate of drug-likeness (QED) is 0.329. The lowest BCUT2D eigenvalue weighted by molar-refractivity contribution is 0.0606. The number of nitrogens with zero attached hydrogens (tertiary/aromatic N) is 3. The van der Waals surface area contributed by atoms with Crippen molar-refractivity contribution in [3.63, 3.8) is 0 Å². The van der Waals surface area contributed by atoms with Crippen molar-refractivity contribution < 1.29 is 0 Å². The number of allylic oxidation sites excluding steroid dienone is 6. The van der Waals surface area contributed by atoms with E-state index in [0.29, 0.717) is 41.3 Å². The summed E-state index contributed by atoms with van der Waals surface area (Å²) >= 11 is 2.11. The van der Waals surface area contributed by atoms with E-state index in [4.69, 9.17) is 5.73 Å². The van der Waals surface area contributed by atoms with E-state index in [1.807, 2.05) is 0 Å². The summed E-state index contributed by atoms with van der Waals surface area (Å²) < 4.78 is 0. The monoisotopic (exact) mass is 554 g/mol. The fourth-order valence-corrected chi connectivity index (χ4v) is 9.72. The van der Waals surface area contributed by atoms with Gasteiger partial charge in [0.05, 0.1) is 12.1 Å². The molecule has 6 rings (SSSR count). The molecule has 9 unspecified atom stereocenters. The van der Waals surface area contributed by atoms with Gasteiger partial charge in [0, 0.05) is 46.2 Å². The Hall–Kier alpha value is -2.05. The van der Waals surface area contributed by atoms with Gasteiger partial charge < -0.3 is 5.73 Å². The summed E-state index contributed by atoms with van der Waals surface area (Å²) in [4.78, 5) is 2.86. The smallest absolute Gasteiger partial charge is 0.0943 e. The van der Waals surface area contributed by atoms with E-state index in [9.17, 15) is 10.5 Å². The van der Waals surface area contributed by atoms with E-state index in [-0.39, 0.29) is 5.92 Å². The average Bonchev–Trinajstić information content (AvgIpc) is 3.78. The van der Waals surface area contributed by atoms with Gasteiger partial charge in [0.25, 0.3) is 0 Å². The minimum absolute atomic E-state index is 0.211. The summed E-state index contributed by atoms with van der Waals surface area (Å²) in [5.41, 5.74) is 10.6. The Labute approximate surface area is 246 Å². The second-order valence-corrected chi connectivity index (χ2v) is 14.6. The second kappa shape index (κ2) is 12.9. The highest BCUT2D eigenvalue weighted by Crippen LogP contribution is 2.50. The van der Waals surface area contributed by atoms with Crippen LogP contribution in [0.2, 0.25) is 0 Å². The zero-order valence-corrected chi connectivity index (χ0v) is 24.8. The zero-order chi connectivity index (χ0) is 27.5. The maximum Gasteiger partial charge on any atom is 0.0943 e. The molecule has 212 valence electrons. The summed E-state index contributed by atoms with van der Waals surface area (Å²) in [6.45, 7) is 0. The van der Waals surface area contributed by atoms with Crippen LogP contribution in [-0.2, 0) is 0 Å². The standard InChI is InChI=1S/C35H46N4S/c36-22-24-8-10-26(11-9-24)27-12-16-29(17-13-27)39(31-5-3-4-25(20-31)23-37)30-18-14-28(15-19-30)32-21-35(32)40-34-7-2-1-6-33(34)38/h2,7-8,12,14-15,18,25-26,29-35H,1,3-6,9-11,13,16-17,19-21,38H2. The minimum atomic E-state index is 0.211. The van der Waals surface area contributed by atoms with E-state index in [0.717, 1.165) is 68.6 Å². The zero-order valence-electron chi connectivity index (χ0n) is 24.0. The van der Waals surface area contributed by atoms with Crippen LogP contribution in [0.3, 0.4) is 0 Å². The fourth-order valence-electron chi connectivity index (χ4n) is 8.12. The Bertz CT molecular complexity index is 1160. The molecular weight excluding hydrogens is 508 g/mol. The van der Waals surface area contributed by atoms with Gasteiger partial charge in [-0.2, -0.15) is 10.5 Å². The molecule has 2 N–H and O–H groups in total. The van der Waals surface area contributed by atoms with Crippen LogP contribution in [0.4, 0.5) is 0 Å². The van der Waals surface area contributed by atoms with Gasteiger partial charge in [-0.05, 0) is 101 Å². The fraction of sp³-hybridized carbons (Fsp3) is 0.657. The van der Waals surface area contributed by atoms with Crippen LogP contribution in [-0.4, -0.2) is 39.6 Å². The lowest BCUT2D eigenvalue weighted by Gasteiger charge is -2.46. The summed E-state index contributed by atoms with van der Waals surface area (Å²) in [5.74, 6) is 1.54. The van der Waals surface area contributed by atoms with E-state index in [1.165, 1.54) is 32.1 Å². The van der Waals surface area contributed by atoms with Crippen molar-refractivity contribution in [3.8, 4) is 12.1 Å². The van der Waals surface area contributed by atoms with Gasteiger partial charge in [0.15, 0.2) is 0 Å². The van der Waals surface area contributed by atoms with Crippen LogP contribution in [0.5, 0.6) is 0 Å². The molecule has 2 saturated carbocycles. The molecule has 0 saturated heterocycles. The van der Waals surface area contributed by atoms with Crippen molar-refractivity contribution in [3.05, 3.63) is 59.3 Å². The molecule has 0 amide bonds. The third-order valence-corrected chi connectivity index (χ3v) is 12.3. The van der Waals surface area contributed by atoms with E-state index in [2.05, 4.69) is 71.3 Å². The summed E-state index contributed by atoms with van der Waals surface area (Å²) in [7, 11) is 0. The molecule has 2 fully saturated rings. The maximum atomic E-state index is 9.75. The third-order valence-electron chi connectivity index (χ3n) is 10.6. The second-order valence-electron chi connectivity index (χ2n) is 13.1. The number of hydrogen-bond acceptors (Lipinski definition) is 5. The van der Waals surface area contributed by atoms with Crippen molar-refractivity contribution in [2.45, 2.75) is 125 Å². The van der Waals surface area contributed by atoms with Crippen LogP contribution in [0.15, 0.2) is 59.3 Å². The van der Waals surface area contributed by atoms with Crippen LogP contribution >= 0.6 is 11.8 Å². The lowest BCUT2D eigenvalue weighted by Crippen LogP contribution is -2.51. The Morgan fingerprint density at radius 1 is 0.900 bits per heavy atom. The normalized spacial score (nSPS) is 39.5. The molecule has 9 atom stereocenters. The van der Waals surface area contributed by atoms with Gasteiger partial charge >= 0.3 is 0 Å². The molecule has 0 aromatic carbocycles. The third kappa shape index (κ3) is 6.38. The minimum Gasteiger partial charge on any atom is -0.326 e. The number of thioether (sulfide) groups is 1. The molecule has 4 nitrogen and oxygen atoms in total. The van der Waals surface area contributed by atoms with Crippen LogP contribution in [0.1, 0.15) is 89.9 Å². The molecule has 0 spiro atoms. The van der Waals surface area contributed by atoms with Gasteiger partial charge in [-0.3, -0.25) is 4.90 Å². The van der Waals surface area contributed by atoms with Crippen molar-refractivity contribution in [1.82, 2.24) is 4.90 Å². The Kier molecular flexibility index (Phi) is 9.03. The Morgan fingerprint density at radius 2 is 1.82 bits per heavy atom. The SMILES string of the molecule is N#CC1=CCC(C2=CCC(N(C3C=CC(C4CC4SC4C=CCCC4N)=CC3)C3CCCC(C#N)C3)CC2)CC1. The highest BCUT2D eigenvalue weighted by atomic mass is 32.2. The van der Waals surface area contributed by atoms with E-state index in [1.54, 1.807) is 11.1 Å². The summed E-state index contributed by atoms with van der Waals surface area (Å²) in [6.07, 6.45) is 32.8. The molecule has 0 radical (unpaired) electrons. The first kappa shape index (κ1) is 28.1. The molecule has 6 aliphatic carbocycles. The van der Waals surface area contributed by atoms with Gasteiger partial charge in [-0.25, -0.2) is 0 Å². The van der Waals surface area contributed by atoms with Crippen molar-refractivity contribution in [2.24, 2.45) is 23.5 Å². The van der Waals surface area contributed by atoms with Crippen LogP contribution < -0.4 is 5.73 Å². The first-order valence-electron chi connectivity index (χ1n) is 16.0. The number of hydrogen-bond donors (Lipinski definition) is 1. The van der Waals surface area contributed by atoms with Crippen molar-refractivity contribution in [2.75, 3.05) is 0 Å². The van der Waals surface area contributed by atoms with E-state index < -0.39 is 0 Å². The van der Waals surface area contributed by atoms with Crippen LogP contribution in [0.25, 0.3) is 0 Å². The average molecular weight is 555 g/mol. The number of rotatable bonds is 7. The Morgan fingerprint density at radius 3 is 2.52 bits per heavy atom. The molecule has 0 aliphatic heterocycles. The van der Waals surface area contributed by atoms with E-state index >= 15 is 0 Å². The highest BCUT2D eigenvalue weighted by molar-refractivity contribution is 8.01. The van der Waals surface area contributed by atoms with Gasteiger partial charge in [0.2, 0.25) is 0 Å². The van der Waals surface area contributed by atoms with Gasteiger partial charge in [-0.1, -0.05) is 54.5 Å². The summed E-state index contributed by atoms with van der Waals surface area (Å²) in [5, 5.41) is 20.2. The molecule has 40 heavy (non-hydrogen) atoms. The predicted molar refractivity (Wildman–Crippen MR) is 165 cm³/mol. The van der Waals surface area contributed by atoms with Gasteiger partial charge in [0.1, 0.15) is 0 Å². The topological polar surface area (TPSA) is 76.8 Å².